The Morgan fingerprint density at radius 1 is 1.62 bits per heavy atom. The van der Waals surface area contributed by atoms with Gasteiger partial charge in [0.25, 0.3) is 0 Å². The molecule has 4 heteroatoms. The zero-order chi connectivity index (χ0) is 11.4. The molecule has 1 aliphatic rings. The third kappa shape index (κ3) is 3.06. The Labute approximate surface area is 110 Å². The van der Waals surface area contributed by atoms with Crippen LogP contribution in [-0.4, -0.2) is 30.6 Å². The molecule has 0 aromatic carbocycles. The Bertz CT molecular complexity index is 327. The third-order valence-corrected chi connectivity index (χ3v) is 5.19. The molecule has 1 fully saturated rings. The molecule has 1 aromatic heterocycles. The predicted octanol–water partition coefficient (Wildman–Crippen LogP) is 3.08. The van der Waals surface area contributed by atoms with Crippen molar-refractivity contribution in [3.05, 3.63) is 20.8 Å². The summed E-state index contributed by atoms with van der Waals surface area (Å²) in [6.45, 7) is 6.85. The summed E-state index contributed by atoms with van der Waals surface area (Å²) in [5, 5.41) is 5.71. The average molecular weight is 303 g/mol. The quantitative estimate of drug-likeness (QED) is 0.899. The summed E-state index contributed by atoms with van der Waals surface area (Å²) < 4.78 is 1.24. The van der Waals surface area contributed by atoms with Crippen LogP contribution in [-0.2, 0) is 6.54 Å². The van der Waals surface area contributed by atoms with Crippen LogP contribution >= 0.6 is 27.3 Å². The molecule has 0 spiro atoms. The minimum Gasteiger partial charge on any atom is -0.310 e. The van der Waals surface area contributed by atoms with E-state index in [9.17, 15) is 0 Å². The molecule has 0 bridgehead atoms. The van der Waals surface area contributed by atoms with Gasteiger partial charge in [-0.25, -0.2) is 0 Å². The summed E-state index contributed by atoms with van der Waals surface area (Å²) in [6, 6.07) is 2.87. The van der Waals surface area contributed by atoms with Gasteiger partial charge in [0.1, 0.15) is 0 Å². The minimum absolute atomic E-state index is 0.753. The van der Waals surface area contributed by atoms with Gasteiger partial charge in [0.05, 0.1) is 0 Å². The van der Waals surface area contributed by atoms with Gasteiger partial charge in [0.15, 0.2) is 0 Å². The Balaban J connectivity index is 1.74. The van der Waals surface area contributed by atoms with Crippen molar-refractivity contribution in [3.8, 4) is 0 Å². The van der Waals surface area contributed by atoms with Gasteiger partial charge < -0.3 is 5.32 Å². The van der Waals surface area contributed by atoms with E-state index >= 15 is 0 Å². The predicted molar refractivity (Wildman–Crippen MR) is 74.0 cm³/mol. The van der Waals surface area contributed by atoms with E-state index < -0.39 is 0 Å². The molecule has 2 heterocycles. The standard InChI is InChI=1S/C12H19BrN2S/c1-2-15-6-3-4-10(15)8-14-9-12-11(13)5-7-16-12/h5,7,10,14H,2-4,6,8-9H2,1H3. The fourth-order valence-electron chi connectivity index (χ4n) is 2.35. The first-order valence-corrected chi connectivity index (χ1v) is 7.65. The van der Waals surface area contributed by atoms with Crippen molar-refractivity contribution in [2.24, 2.45) is 0 Å². The highest BCUT2D eigenvalue weighted by Gasteiger charge is 2.22. The Kier molecular flexibility index (Phi) is 4.82. The number of halogens is 1. The molecule has 2 nitrogen and oxygen atoms in total. The van der Waals surface area contributed by atoms with Crippen molar-refractivity contribution in [1.82, 2.24) is 10.2 Å². The zero-order valence-electron chi connectivity index (χ0n) is 9.71. The number of nitrogens with one attached hydrogen (secondary N) is 1. The number of likely N-dealkylation sites (tertiary alicyclic amines) is 1. The molecule has 1 aliphatic heterocycles. The van der Waals surface area contributed by atoms with Crippen molar-refractivity contribution in [2.45, 2.75) is 32.4 Å². The average Bonchev–Trinajstić information content (AvgIpc) is 2.88. The maximum absolute atomic E-state index is 3.57. The summed E-state index contributed by atoms with van der Waals surface area (Å²) in [7, 11) is 0. The van der Waals surface area contributed by atoms with Crippen molar-refractivity contribution in [3.63, 3.8) is 0 Å². The molecule has 1 aromatic rings. The van der Waals surface area contributed by atoms with Crippen LogP contribution in [0.15, 0.2) is 15.9 Å². The van der Waals surface area contributed by atoms with E-state index in [4.69, 9.17) is 0 Å². The molecule has 1 saturated heterocycles. The lowest BCUT2D eigenvalue weighted by Gasteiger charge is -2.22. The van der Waals surface area contributed by atoms with Crippen LogP contribution < -0.4 is 5.32 Å². The lowest BCUT2D eigenvalue weighted by Crippen LogP contribution is -2.37. The molecule has 0 saturated carbocycles. The van der Waals surface area contributed by atoms with Crippen molar-refractivity contribution < 1.29 is 0 Å². The topological polar surface area (TPSA) is 15.3 Å². The highest BCUT2D eigenvalue weighted by Crippen LogP contribution is 2.22. The number of hydrogen-bond donors (Lipinski definition) is 1. The molecular formula is C12H19BrN2S. The van der Waals surface area contributed by atoms with E-state index in [-0.39, 0.29) is 0 Å². The van der Waals surface area contributed by atoms with Crippen molar-refractivity contribution >= 4 is 27.3 Å². The van der Waals surface area contributed by atoms with Crippen molar-refractivity contribution in [2.75, 3.05) is 19.6 Å². The Hall–Kier alpha value is 0.100. The SMILES string of the molecule is CCN1CCCC1CNCc1sccc1Br. The second-order valence-electron chi connectivity index (χ2n) is 4.25. The Morgan fingerprint density at radius 2 is 2.50 bits per heavy atom. The zero-order valence-corrected chi connectivity index (χ0v) is 12.1. The van der Waals surface area contributed by atoms with E-state index in [0.717, 1.165) is 19.1 Å². The highest BCUT2D eigenvalue weighted by atomic mass is 79.9. The number of nitrogens with zero attached hydrogens (tertiary/aromatic N) is 1. The molecule has 1 unspecified atom stereocenters. The maximum atomic E-state index is 3.57. The number of hydrogen-bond acceptors (Lipinski definition) is 3. The van der Waals surface area contributed by atoms with Gasteiger partial charge in [0.2, 0.25) is 0 Å². The van der Waals surface area contributed by atoms with Crippen LogP contribution in [0, 0.1) is 0 Å². The van der Waals surface area contributed by atoms with Crippen LogP contribution in [0.25, 0.3) is 0 Å². The third-order valence-electron chi connectivity index (χ3n) is 3.26. The molecule has 16 heavy (non-hydrogen) atoms. The minimum atomic E-state index is 0.753. The highest BCUT2D eigenvalue weighted by molar-refractivity contribution is 9.10. The molecule has 1 atom stereocenters. The van der Waals surface area contributed by atoms with Crippen LogP contribution in [0.5, 0.6) is 0 Å². The van der Waals surface area contributed by atoms with Gasteiger partial charge in [-0.15, -0.1) is 11.3 Å². The number of likely N-dealkylation sites (N-methyl/N-ethyl adjacent to an activating group) is 1. The van der Waals surface area contributed by atoms with E-state index in [1.807, 2.05) is 11.3 Å². The Morgan fingerprint density at radius 3 is 3.19 bits per heavy atom. The van der Waals surface area contributed by atoms with Crippen LogP contribution in [0.4, 0.5) is 0 Å². The number of rotatable bonds is 5. The van der Waals surface area contributed by atoms with Crippen LogP contribution in [0.3, 0.4) is 0 Å². The summed E-state index contributed by atoms with van der Waals surface area (Å²) in [6.07, 6.45) is 2.72. The fourth-order valence-corrected chi connectivity index (χ4v) is 3.81. The van der Waals surface area contributed by atoms with Crippen molar-refractivity contribution in [1.29, 1.82) is 0 Å². The summed E-state index contributed by atoms with van der Waals surface area (Å²) in [5.74, 6) is 0. The first-order valence-electron chi connectivity index (χ1n) is 5.98. The summed E-state index contributed by atoms with van der Waals surface area (Å²) in [4.78, 5) is 3.98. The van der Waals surface area contributed by atoms with Crippen LogP contribution in [0.1, 0.15) is 24.6 Å². The van der Waals surface area contributed by atoms with Gasteiger partial charge in [-0.3, -0.25) is 4.90 Å². The van der Waals surface area contributed by atoms with Gasteiger partial charge >= 0.3 is 0 Å². The first-order chi connectivity index (χ1) is 7.81. The molecule has 90 valence electrons. The van der Waals surface area contributed by atoms with Gasteiger partial charge in [-0.05, 0) is 53.3 Å². The first kappa shape index (κ1) is 12.6. The number of thiophene rings is 1. The monoisotopic (exact) mass is 302 g/mol. The molecule has 0 aliphatic carbocycles. The molecular weight excluding hydrogens is 284 g/mol. The second-order valence-corrected chi connectivity index (χ2v) is 6.10. The molecule has 0 amide bonds. The lowest BCUT2D eigenvalue weighted by atomic mass is 10.2. The van der Waals surface area contributed by atoms with Gasteiger partial charge in [0, 0.05) is 28.5 Å². The van der Waals surface area contributed by atoms with Crippen LogP contribution in [0.2, 0.25) is 0 Å². The molecule has 0 radical (unpaired) electrons. The van der Waals surface area contributed by atoms with E-state index in [1.54, 1.807) is 0 Å². The van der Waals surface area contributed by atoms with E-state index in [1.165, 1.54) is 35.3 Å². The van der Waals surface area contributed by atoms with E-state index in [0.29, 0.717) is 0 Å². The van der Waals surface area contributed by atoms with Gasteiger partial charge in [-0.2, -0.15) is 0 Å². The fraction of sp³-hybridized carbons (Fsp3) is 0.667. The van der Waals surface area contributed by atoms with E-state index in [2.05, 4.69) is 44.5 Å². The maximum Gasteiger partial charge on any atom is 0.0327 e. The largest absolute Gasteiger partial charge is 0.310 e. The molecule has 1 N–H and O–H groups in total. The summed E-state index contributed by atoms with van der Waals surface area (Å²) in [5.41, 5.74) is 0. The normalized spacial score (nSPS) is 21.8. The smallest absolute Gasteiger partial charge is 0.0327 e. The second kappa shape index (κ2) is 6.15. The van der Waals surface area contributed by atoms with Gasteiger partial charge in [-0.1, -0.05) is 6.92 Å². The molecule has 2 rings (SSSR count). The summed E-state index contributed by atoms with van der Waals surface area (Å²) >= 11 is 5.38. The lowest BCUT2D eigenvalue weighted by molar-refractivity contribution is 0.260.